The quantitative estimate of drug-likeness (QED) is 0.822. The predicted octanol–water partition coefficient (Wildman–Crippen LogP) is 4.13. The Morgan fingerprint density at radius 3 is 2.40 bits per heavy atom. The van der Waals surface area contributed by atoms with Gasteiger partial charge in [0.25, 0.3) is 0 Å². The first kappa shape index (κ1) is 15.0. The summed E-state index contributed by atoms with van der Waals surface area (Å²) in [5, 5.41) is 0.783. The minimum atomic E-state index is 0.386. The zero-order valence-corrected chi connectivity index (χ0v) is 13.1. The lowest BCUT2D eigenvalue weighted by molar-refractivity contribution is 0.390. The number of aromatic nitrogens is 1. The Morgan fingerprint density at radius 1 is 1.10 bits per heavy atom. The molecule has 0 unspecified atom stereocenters. The fraction of sp³-hybridized carbons (Fsp3) is 0.353. The van der Waals surface area contributed by atoms with Crippen LogP contribution in [0, 0.1) is 6.92 Å². The maximum absolute atomic E-state index is 6.00. The summed E-state index contributed by atoms with van der Waals surface area (Å²) in [5.74, 6) is 0.386. The van der Waals surface area contributed by atoms with Crippen LogP contribution in [0.15, 0.2) is 42.6 Å². The summed E-state index contributed by atoms with van der Waals surface area (Å²) >= 11 is 6.00. The van der Waals surface area contributed by atoms with Crippen LogP contribution in [0.3, 0.4) is 0 Å². The number of hydrogen-bond acceptors (Lipinski definition) is 2. The van der Waals surface area contributed by atoms with Crippen LogP contribution in [0.5, 0.6) is 0 Å². The third-order valence-electron chi connectivity index (χ3n) is 3.46. The van der Waals surface area contributed by atoms with Gasteiger partial charge in [-0.15, -0.1) is 0 Å². The topological polar surface area (TPSA) is 16.1 Å². The average Bonchev–Trinajstić information content (AvgIpc) is 2.41. The van der Waals surface area contributed by atoms with E-state index < -0.39 is 0 Å². The molecular formula is C17H21ClN2. The van der Waals surface area contributed by atoms with Crippen molar-refractivity contribution in [2.45, 2.75) is 19.3 Å². The SMILES string of the molecule is Cc1cc([C@@H](CCN(C)C)c2ccc(Cl)cc2)ccn1. The summed E-state index contributed by atoms with van der Waals surface area (Å²) in [5.41, 5.74) is 3.69. The lowest BCUT2D eigenvalue weighted by atomic mass is 9.88. The minimum Gasteiger partial charge on any atom is -0.309 e. The first-order valence-electron chi connectivity index (χ1n) is 6.89. The van der Waals surface area contributed by atoms with E-state index in [4.69, 9.17) is 11.6 Å². The molecule has 0 aliphatic heterocycles. The molecule has 20 heavy (non-hydrogen) atoms. The van der Waals surface area contributed by atoms with Crippen molar-refractivity contribution >= 4 is 11.6 Å². The van der Waals surface area contributed by atoms with Gasteiger partial charge < -0.3 is 4.90 Å². The van der Waals surface area contributed by atoms with Gasteiger partial charge in [0.05, 0.1) is 0 Å². The van der Waals surface area contributed by atoms with Gasteiger partial charge in [-0.2, -0.15) is 0 Å². The summed E-state index contributed by atoms with van der Waals surface area (Å²) < 4.78 is 0. The van der Waals surface area contributed by atoms with Crippen LogP contribution in [0.1, 0.15) is 29.2 Å². The van der Waals surface area contributed by atoms with E-state index in [9.17, 15) is 0 Å². The van der Waals surface area contributed by atoms with Crippen molar-refractivity contribution in [3.05, 3.63) is 64.4 Å². The Labute approximate surface area is 126 Å². The van der Waals surface area contributed by atoms with E-state index in [1.165, 1.54) is 11.1 Å². The molecule has 0 spiro atoms. The number of rotatable bonds is 5. The molecule has 0 aliphatic rings. The van der Waals surface area contributed by atoms with Crippen molar-refractivity contribution in [1.29, 1.82) is 0 Å². The van der Waals surface area contributed by atoms with Gasteiger partial charge in [0, 0.05) is 22.8 Å². The number of nitrogens with zero attached hydrogens (tertiary/aromatic N) is 2. The highest BCUT2D eigenvalue weighted by Gasteiger charge is 2.14. The molecule has 0 bridgehead atoms. The molecule has 0 saturated carbocycles. The van der Waals surface area contributed by atoms with Crippen molar-refractivity contribution < 1.29 is 0 Å². The van der Waals surface area contributed by atoms with Crippen LogP contribution >= 0.6 is 11.6 Å². The summed E-state index contributed by atoms with van der Waals surface area (Å²) in [7, 11) is 4.22. The second-order valence-electron chi connectivity index (χ2n) is 5.43. The highest BCUT2D eigenvalue weighted by atomic mass is 35.5. The molecule has 2 aromatic rings. The van der Waals surface area contributed by atoms with Gasteiger partial charge in [-0.25, -0.2) is 0 Å². The Balaban J connectivity index is 2.31. The summed E-state index contributed by atoms with van der Waals surface area (Å²) in [6, 6.07) is 12.5. The molecule has 1 atom stereocenters. The van der Waals surface area contributed by atoms with Crippen LogP contribution < -0.4 is 0 Å². The molecular weight excluding hydrogens is 268 g/mol. The Kier molecular flexibility index (Phi) is 5.16. The molecule has 0 fully saturated rings. The van der Waals surface area contributed by atoms with Crippen molar-refractivity contribution in [2.24, 2.45) is 0 Å². The van der Waals surface area contributed by atoms with Crippen molar-refractivity contribution in [2.75, 3.05) is 20.6 Å². The Morgan fingerprint density at radius 2 is 1.80 bits per heavy atom. The largest absolute Gasteiger partial charge is 0.309 e. The maximum Gasteiger partial charge on any atom is 0.0406 e. The first-order chi connectivity index (χ1) is 9.56. The minimum absolute atomic E-state index is 0.386. The van der Waals surface area contributed by atoms with E-state index in [-0.39, 0.29) is 0 Å². The molecule has 0 saturated heterocycles. The zero-order chi connectivity index (χ0) is 14.5. The second-order valence-corrected chi connectivity index (χ2v) is 5.86. The van der Waals surface area contributed by atoms with Crippen molar-refractivity contribution in [3.8, 4) is 0 Å². The van der Waals surface area contributed by atoms with Crippen molar-refractivity contribution in [3.63, 3.8) is 0 Å². The Bertz CT molecular complexity index is 549. The highest BCUT2D eigenvalue weighted by molar-refractivity contribution is 6.30. The van der Waals surface area contributed by atoms with E-state index in [0.717, 1.165) is 23.7 Å². The van der Waals surface area contributed by atoms with Crippen LogP contribution in [-0.4, -0.2) is 30.5 Å². The van der Waals surface area contributed by atoms with Gasteiger partial charge in [-0.3, -0.25) is 4.98 Å². The molecule has 1 aromatic carbocycles. The standard InChI is InChI=1S/C17H21ClN2/c1-13-12-15(8-10-19-13)17(9-11-20(2)3)14-4-6-16(18)7-5-14/h4-8,10,12,17H,9,11H2,1-3H3/t17-/m0/s1. The molecule has 0 N–H and O–H groups in total. The zero-order valence-electron chi connectivity index (χ0n) is 12.3. The van der Waals surface area contributed by atoms with E-state index in [1.54, 1.807) is 0 Å². The molecule has 2 nitrogen and oxygen atoms in total. The lowest BCUT2D eigenvalue weighted by Crippen LogP contribution is -2.16. The number of aryl methyl sites for hydroxylation is 1. The molecule has 0 amide bonds. The summed E-state index contributed by atoms with van der Waals surface area (Å²) in [6.45, 7) is 3.09. The number of pyridine rings is 1. The van der Waals surface area contributed by atoms with Crippen LogP contribution in [0.2, 0.25) is 5.02 Å². The fourth-order valence-electron chi connectivity index (χ4n) is 2.39. The normalized spacial score (nSPS) is 12.7. The van der Waals surface area contributed by atoms with Gasteiger partial charge in [0.2, 0.25) is 0 Å². The highest BCUT2D eigenvalue weighted by Crippen LogP contribution is 2.29. The molecule has 3 heteroatoms. The summed E-state index contributed by atoms with van der Waals surface area (Å²) in [6.07, 6.45) is 2.97. The Hall–Kier alpha value is -1.38. The predicted molar refractivity (Wildman–Crippen MR) is 85.4 cm³/mol. The average molecular weight is 289 g/mol. The monoisotopic (exact) mass is 288 g/mol. The maximum atomic E-state index is 6.00. The second kappa shape index (κ2) is 6.87. The molecule has 1 heterocycles. The first-order valence-corrected chi connectivity index (χ1v) is 7.27. The van der Waals surface area contributed by atoms with E-state index in [0.29, 0.717) is 5.92 Å². The van der Waals surface area contributed by atoms with Gasteiger partial charge in [-0.05, 0) is 69.4 Å². The van der Waals surface area contributed by atoms with E-state index in [1.807, 2.05) is 25.3 Å². The summed E-state index contributed by atoms with van der Waals surface area (Å²) in [4.78, 5) is 6.51. The third kappa shape index (κ3) is 4.06. The molecule has 2 rings (SSSR count). The molecule has 106 valence electrons. The van der Waals surface area contributed by atoms with Gasteiger partial charge in [-0.1, -0.05) is 23.7 Å². The molecule has 0 aliphatic carbocycles. The van der Waals surface area contributed by atoms with Gasteiger partial charge in [0.1, 0.15) is 0 Å². The number of halogens is 1. The van der Waals surface area contributed by atoms with Crippen molar-refractivity contribution in [1.82, 2.24) is 9.88 Å². The van der Waals surface area contributed by atoms with Crippen LogP contribution in [-0.2, 0) is 0 Å². The van der Waals surface area contributed by atoms with Gasteiger partial charge >= 0.3 is 0 Å². The molecule has 0 radical (unpaired) electrons. The smallest absolute Gasteiger partial charge is 0.0406 e. The van der Waals surface area contributed by atoms with E-state index >= 15 is 0 Å². The van der Waals surface area contributed by atoms with Crippen LogP contribution in [0.4, 0.5) is 0 Å². The fourth-order valence-corrected chi connectivity index (χ4v) is 2.52. The number of hydrogen-bond donors (Lipinski definition) is 0. The van der Waals surface area contributed by atoms with E-state index in [2.05, 4.69) is 48.2 Å². The van der Waals surface area contributed by atoms with Crippen LogP contribution in [0.25, 0.3) is 0 Å². The third-order valence-corrected chi connectivity index (χ3v) is 3.71. The number of benzene rings is 1. The van der Waals surface area contributed by atoms with Gasteiger partial charge in [0.15, 0.2) is 0 Å². The lowest BCUT2D eigenvalue weighted by Gasteiger charge is -2.20. The molecule has 1 aromatic heterocycles.